The molecule has 1 atom stereocenters. The second kappa shape index (κ2) is 6.10. The molecule has 6 heteroatoms. The van der Waals surface area contributed by atoms with Crippen LogP contribution in [0.3, 0.4) is 0 Å². The van der Waals surface area contributed by atoms with Crippen LogP contribution in [-0.2, 0) is 11.8 Å². The maximum atomic E-state index is 11.9. The molecule has 0 unspecified atom stereocenters. The van der Waals surface area contributed by atoms with E-state index < -0.39 is 0 Å². The first-order valence-corrected chi connectivity index (χ1v) is 7.59. The molecule has 1 fully saturated rings. The number of ether oxygens (including phenoxy) is 1. The number of morpholine rings is 1. The van der Waals surface area contributed by atoms with Crippen molar-refractivity contribution in [3.63, 3.8) is 0 Å². The highest BCUT2D eigenvalue weighted by molar-refractivity contribution is 6.33. The minimum atomic E-state index is -0.280. The van der Waals surface area contributed by atoms with Crippen LogP contribution in [0.2, 0.25) is 5.02 Å². The summed E-state index contributed by atoms with van der Waals surface area (Å²) in [5.74, 6) is 0. The van der Waals surface area contributed by atoms with Crippen LogP contribution < -0.4 is 10.5 Å². The van der Waals surface area contributed by atoms with Crippen molar-refractivity contribution in [1.82, 2.24) is 9.78 Å². The lowest BCUT2D eigenvalue weighted by Crippen LogP contribution is -2.39. The van der Waals surface area contributed by atoms with Crippen LogP contribution in [0.4, 0.5) is 5.69 Å². The van der Waals surface area contributed by atoms with Crippen molar-refractivity contribution in [2.45, 2.75) is 13.0 Å². The number of anilines is 1. The molecule has 1 aromatic heterocycles. The highest BCUT2D eigenvalue weighted by atomic mass is 35.5. The molecular weight excluding hydrogens is 302 g/mol. The Morgan fingerprint density at radius 3 is 2.91 bits per heavy atom. The van der Waals surface area contributed by atoms with Gasteiger partial charge in [-0.05, 0) is 18.1 Å². The molecule has 22 heavy (non-hydrogen) atoms. The summed E-state index contributed by atoms with van der Waals surface area (Å²) in [6, 6.07) is 8.18. The minimum absolute atomic E-state index is 0.0323. The average molecular weight is 320 g/mol. The third-order valence-electron chi connectivity index (χ3n) is 4.00. The Hall–Kier alpha value is -1.85. The van der Waals surface area contributed by atoms with Gasteiger partial charge in [0.1, 0.15) is 11.1 Å². The summed E-state index contributed by atoms with van der Waals surface area (Å²) in [4.78, 5) is 14.0. The van der Waals surface area contributed by atoms with Gasteiger partial charge in [0.25, 0.3) is 5.56 Å². The van der Waals surface area contributed by atoms with Gasteiger partial charge in [0, 0.05) is 20.1 Å². The smallest absolute Gasteiger partial charge is 0.287 e. The van der Waals surface area contributed by atoms with Gasteiger partial charge in [0.2, 0.25) is 0 Å². The average Bonchev–Trinajstić information content (AvgIpc) is 2.53. The second-order valence-electron chi connectivity index (χ2n) is 5.43. The van der Waals surface area contributed by atoms with Crippen molar-refractivity contribution in [3.05, 3.63) is 57.0 Å². The molecule has 0 bridgehead atoms. The van der Waals surface area contributed by atoms with Crippen molar-refractivity contribution in [1.29, 1.82) is 0 Å². The van der Waals surface area contributed by atoms with Gasteiger partial charge in [-0.2, -0.15) is 5.10 Å². The van der Waals surface area contributed by atoms with E-state index in [0.717, 1.165) is 0 Å². The molecule has 1 saturated heterocycles. The Bertz CT molecular complexity index is 744. The first kappa shape index (κ1) is 15.1. The maximum Gasteiger partial charge on any atom is 0.287 e. The third kappa shape index (κ3) is 2.74. The Morgan fingerprint density at radius 2 is 2.14 bits per heavy atom. The summed E-state index contributed by atoms with van der Waals surface area (Å²) >= 11 is 6.20. The van der Waals surface area contributed by atoms with E-state index in [2.05, 4.69) is 29.1 Å². The lowest BCUT2D eigenvalue weighted by molar-refractivity contribution is 0.0394. The van der Waals surface area contributed by atoms with Crippen molar-refractivity contribution in [3.8, 4) is 0 Å². The van der Waals surface area contributed by atoms with E-state index in [1.165, 1.54) is 15.8 Å². The third-order valence-corrected chi connectivity index (χ3v) is 4.36. The number of halogens is 1. The number of aryl methyl sites for hydroxylation is 2. The molecule has 0 aliphatic carbocycles. The fraction of sp³-hybridized carbons (Fsp3) is 0.375. The van der Waals surface area contributed by atoms with E-state index in [4.69, 9.17) is 16.3 Å². The SMILES string of the molecule is Cc1ccccc1[C@@H]1CN(c2cnn(C)c(=O)c2Cl)CCO1. The Morgan fingerprint density at radius 1 is 1.36 bits per heavy atom. The van der Waals surface area contributed by atoms with Crippen molar-refractivity contribution >= 4 is 17.3 Å². The van der Waals surface area contributed by atoms with E-state index in [9.17, 15) is 4.79 Å². The van der Waals surface area contributed by atoms with Gasteiger partial charge in [-0.1, -0.05) is 35.9 Å². The largest absolute Gasteiger partial charge is 0.370 e. The number of hydrogen-bond donors (Lipinski definition) is 0. The lowest BCUT2D eigenvalue weighted by Gasteiger charge is -2.35. The zero-order valence-electron chi connectivity index (χ0n) is 12.6. The predicted molar refractivity (Wildman–Crippen MR) is 86.6 cm³/mol. The molecule has 5 nitrogen and oxygen atoms in total. The van der Waals surface area contributed by atoms with Crippen LogP contribution in [-0.4, -0.2) is 29.5 Å². The van der Waals surface area contributed by atoms with Gasteiger partial charge >= 0.3 is 0 Å². The Labute approximate surface area is 134 Å². The molecule has 1 aromatic carbocycles. The summed E-state index contributed by atoms with van der Waals surface area (Å²) in [5, 5.41) is 4.28. The van der Waals surface area contributed by atoms with Crippen LogP contribution in [0.5, 0.6) is 0 Å². The minimum Gasteiger partial charge on any atom is -0.370 e. The van der Waals surface area contributed by atoms with Gasteiger partial charge in [0.15, 0.2) is 0 Å². The number of aromatic nitrogens is 2. The normalized spacial score (nSPS) is 18.5. The lowest BCUT2D eigenvalue weighted by atomic mass is 10.0. The molecule has 0 spiro atoms. The highest BCUT2D eigenvalue weighted by Crippen LogP contribution is 2.29. The Balaban J connectivity index is 1.90. The van der Waals surface area contributed by atoms with Crippen LogP contribution in [0.1, 0.15) is 17.2 Å². The molecule has 0 saturated carbocycles. The van der Waals surface area contributed by atoms with Crippen molar-refractivity contribution < 1.29 is 4.74 Å². The molecule has 0 amide bonds. The fourth-order valence-electron chi connectivity index (χ4n) is 2.73. The molecule has 0 N–H and O–H groups in total. The Kier molecular flexibility index (Phi) is 4.18. The van der Waals surface area contributed by atoms with Crippen molar-refractivity contribution in [2.75, 3.05) is 24.6 Å². The van der Waals surface area contributed by atoms with Gasteiger partial charge < -0.3 is 9.64 Å². The number of benzene rings is 1. The van der Waals surface area contributed by atoms with E-state index in [0.29, 0.717) is 25.4 Å². The van der Waals surface area contributed by atoms with Gasteiger partial charge in [-0.3, -0.25) is 4.79 Å². The fourth-order valence-corrected chi connectivity index (χ4v) is 3.02. The summed E-state index contributed by atoms with van der Waals surface area (Å²) < 4.78 is 7.14. The maximum absolute atomic E-state index is 11.9. The molecule has 0 radical (unpaired) electrons. The molecule has 3 rings (SSSR count). The molecular formula is C16H18ClN3O2. The summed E-state index contributed by atoms with van der Waals surface area (Å²) in [6.07, 6.45) is 1.61. The summed E-state index contributed by atoms with van der Waals surface area (Å²) in [5.41, 5.74) is 2.76. The monoisotopic (exact) mass is 319 g/mol. The zero-order chi connectivity index (χ0) is 15.7. The quantitative estimate of drug-likeness (QED) is 0.852. The molecule has 2 aromatic rings. The summed E-state index contributed by atoms with van der Waals surface area (Å²) in [6.45, 7) is 4.01. The van der Waals surface area contributed by atoms with Gasteiger partial charge in [-0.15, -0.1) is 0 Å². The van der Waals surface area contributed by atoms with E-state index in [1.54, 1.807) is 13.2 Å². The van der Waals surface area contributed by atoms with Crippen LogP contribution in [0.15, 0.2) is 35.3 Å². The molecule has 2 heterocycles. The second-order valence-corrected chi connectivity index (χ2v) is 5.81. The van der Waals surface area contributed by atoms with E-state index in [-0.39, 0.29) is 16.7 Å². The van der Waals surface area contributed by atoms with E-state index in [1.807, 2.05) is 12.1 Å². The molecule has 1 aliphatic heterocycles. The molecule has 1 aliphatic rings. The first-order valence-electron chi connectivity index (χ1n) is 7.22. The number of nitrogens with zero attached hydrogens (tertiary/aromatic N) is 3. The van der Waals surface area contributed by atoms with Gasteiger partial charge in [-0.25, -0.2) is 4.68 Å². The van der Waals surface area contributed by atoms with Crippen molar-refractivity contribution in [2.24, 2.45) is 7.05 Å². The number of hydrogen-bond acceptors (Lipinski definition) is 4. The zero-order valence-corrected chi connectivity index (χ0v) is 13.4. The van der Waals surface area contributed by atoms with Crippen LogP contribution >= 0.6 is 11.6 Å². The molecule has 116 valence electrons. The van der Waals surface area contributed by atoms with Crippen LogP contribution in [0.25, 0.3) is 0 Å². The topological polar surface area (TPSA) is 47.4 Å². The van der Waals surface area contributed by atoms with Crippen LogP contribution in [0, 0.1) is 6.92 Å². The van der Waals surface area contributed by atoms with Gasteiger partial charge in [0.05, 0.1) is 18.5 Å². The highest BCUT2D eigenvalue weighted by Gasteiger charge is 2.25. The first-order chi connectivity index (χ1) is 10.6. The standard InChI is InChI=1S/C16H18ClN3O2/c1-11-5-3-4-6-12(11)14-10-20(7-8-22-14)13-9-18-19(2)16(21)15(13)17/h3-6,9,14H,7-8,10H2,1-2H3/t14-/m0/s1. The summed E-state index contributed by atoms with van der Waals surface area (Å²) in [7, 11) is 1.59. The predicted octanol–water partition coefficient (Wildman–Crippen LogP) is 2.32. The number of rotatable bonds is 2. The van der Waals surface area contributed by atoms with E-state index >= 15 is 0 Å².